The second-order valence-corrected chi connectivity index (χ2v) is 4.44. The normalized spacial score (nSPS) is 11.4. The minimum atomic E-state index is 0.460. The molecule has 0 atom stereocenters. The van der Waals surface area contributed by atoms with E-state index in [1.54, 1.807) is 6.92 Å². The van der Waals surface area contributed by atoms with Crippen molar-refractivity contribution >= 4 is 11.4 Å². The number of aryl methyl sites for hydroxylation is 1. The SMILES string of the molecule is Cc1nc(/C(=N/Nc2ccccc2)c2ccccc2)no1. The molecule has 1 aromatic heterocycles. The number of nitrogens with zero attached hydrogens (tertiary/aromatic N) is 3. The summed E-state index contributed by atoms with van der Waals surface area (Å²) in [7, 11) is 0. The van der Waals surface area contributed by atoms with Gasteiger partial charge in [0.05, 0.1) is 5.69 Å². The Bertz CT molecular complexity index is 735. The first-order chi connectivity index (χ1) is 10.3. The zero-order valence-corrected chi connectivity index (χ0v) is 11.5. The second-order valence-electron chi connectivity index (χ2n) is 4.44. The zero-order chi connectivity index (χ0) is 14.5. The van der Waals surface area contributed by atoms with Gasteiger partial charge in [0.2, 0.25) is 11.7 Å². The van der Waals surface area contributed by atoms with Crippen LogP contribution in [-0.4, -0.2) is 15.9 Å². The molecule has 3 rings (SSSR count). The summed E-state index contributed by atoms with van der Waals surface area (Å²) in [5.41, 5.74) is 5.47. The fourth-order valence-electron chi connectivity index (χ4n) is 1.87. The Morgan fingerprint density at radius 1 is 1.00 bits per heavy atom. The van der Waals surface area contributed by atoms with Crippen molar-refractivity contribution in [2.45, 2.75) is 6.92 Å². The summed E-state index contributed by atoms with van der Waals surface area (Å²) < 4.78 is 5.05. The van der Waals surface area contributed by atoms with E-state index in [0.717, 1.165) is 11.3 Å². The third-order valence-electron chi connectivity index (χ3n) is 2.86. The highest BCUT2D eigenvalue weighted by atomic mass is 16.5. The molecular weight excluding hydrogens is 264 g/mol. The van der Waals surface area contributed by atoms with Crippen molar-refractivity contribution in [2.24, 2.45) is 5.10 Å². The van der Waals surface area contributed by atoms with Crippen molar-refractivity contribution in [3.8, 4) is 0 Å². The number of anilines is 1. The summed E-state index contributed by atoms with van der Waals surface area (Å²) in [6, 6.07) is 19.5. The van der Waals surface area contributed by atoms with Crippen LogP contribution in [0.1, 0.15) is 17.3 Å². The Hall–Kier alpha value is -2.95. The largest absolute Gasteiger partial charge is 0.339 e. The molecule has 0 unspecified atom stereocenters. The first-order valence-corrected chi connectivity index (χ1v) is 6.58. The summed E-state index contributed by atoms with van der Waals surface area (Å²) in [4.78, 5) is 4.25. The van der Waals surface area contributed by atoms with E-state index in [4.69, 9.17) is 4.52 Å². The highest BCUT2D eigenvalue weighted by Crippen LogP contribution is 2.11. The van der Waals surface area contributed by atoms with Gasteiger partial charge >= 0.3 is 0 Å². The molecule has 0 aliphatic carbocycles. The fraction of sp³-hybridized carbons (Fsp3) is 0.0625. The third kappa shape index (κ3) is 3.14. The molecule has 0 fully saturated rings. The van der Waals surface area contributed by atoms with Crippen LogP contribution in [0.3, 0.4) is 0 Å². The van der Waals surface area contributed by atoms with E-state index < -0.39 is 0 Å². The molecule has 21 heavy (non-hydrogen) atoms. The van der Waals surface area contributed by atoms with Gasteiger partial charge in [-0.05, 0) is 12.1 Å². The molecular formula is C16H14N4O. The predicted octanol–water partition coefficient (Wildman–Crippen LogP) is 3.24. The van der Waals surface area contributed by atoms with E-state index in [1.165, 1.54) is 0 Å². The number of nitrogens with one attached hydrogen (secondary N) is 1. The number of benzene rings is 2. The maximum Gasteiger partial charge on any atom is 0.223 e. The zero-order valence-electron chi connectivity index (χ0n) is 11.5. The van der Waals surface area contributed by atoms with Gasteiger partial charge in [0.1, 0.15) is 5.71 Å². The minimum Gasteiger partial charge on any atom is -0.339 e. The number of para-hydroxylation sites is 1. The monoisotopic (exact) mass is 278 g/mol. The Balaban J connectivity index is 1.96. The van der Waals surface area contributed by atoms with Crippen LogP contribution in [0, 0.1) is 6.92 Å². The predicted molar refractivity (Wildman–Crippen MR) is 81.2 cm³/mol. The topological polar surface area (TPSA) is 63.3 Å². The van der Waals surface area contributed by atoms with Gasteiger partial charge in [0.15, 0.2) is 0 Å². The van der Waals surface area contributed by atoms with Crippen molar-refractivity contribution in [2.75, 3.05) is 5.43 Å². The van der Waals surface area contributed by atoms with E-state index in [0.29, 0.717) is 17.4 Å². The van der Waals surface area contributed by atoms with Crippen molar-refractivity contribution < 1.29 is 4.52 Å². The first kappa shape index (κ1) is 13.1. The van der Waals surface area contributed by atoms with Crippen LogP contribution in [0.15, 0.2) is 70.3 Å². The molecule has 1 heterocycles. The highest BCUT2D eigenvalue weighted by molar-refractivity contribution is 6.10. The lowest BCUT2D eigenvalue weighted by atomic mass is 10.1. The Morgan fingerprint density at radius 3 is 2.29 bits per heavy atom. The number of hydrogen-bond donors (Lipinski definition) is 1. The van der Waals surface area contributed by atoms with Crippen LogP contribution in [0.25, 0.3) is 0 Å². The molecule has 2 aromatic carbocycles. The summed E-state index contributed by atoms with van der Waals surface area (Å²) >= 11 is 0. The maximum atomic E-state index is 5.05. The van der Waals surface area contributed by atoms with Crippen LogP contribution < -0.4 is 5.43 Å². The Labute approximate surface area is 122 Å². The lowest BCUT2D eigenvalue weighted by molar-refractivity contribution is 0.392. The average molecular weight is 278 g/mol. The van der Waals surface area contributed by atoms with Gasteiger partial charge in [0.25, 0.3) is 0 Å². The summed E-state index contributed by atoms with van der Waals surface area (Å²) in [5.74, 6) is 0.968. The number of hydrazone groups is 1. The maximum absolute atomic E-state index is 5.05. The molecule has 104 valence electrons. The van der Waals surface area contributed by atoms with Crippen LogP contribution in [0.4, 0.5) is 5.69 Å². The van der Waals surface area contributed by atoms with E-state index in [1.807, 2.05) is 60.7 Å². The Morgan fingerprint density at radius 2 is 1.67 bits per heavy atom. The van der Waals surface area contributed by atoms with E-state index >= 15 is 0 Å². The smallest absolute Gasteiger partial charge is 0.223 e. The van der Waals surface area contributed by atoms with Gasteiger partial charge in [-0.3, -0.25) is 5.43 Å². The van der Waals surface area contributed by atoms with Crippen LogP contribution in [0.2, 0.25) is 0 Å². The third-order valence-corrected chi connectivity index (χ3v) is 2.86. The summed E-state index contributed by atoms with van der Waals surface area (Å²) in [5, 5.41) is 8.38. The molecule has 5 nitrogen and oxygen atoms in total. The van der Waals surface area contributed by atoms with Crippen molar-refractivity contribution in [1.82, 2.24) is 10.1 Å². The minimum absolute atomic E-state index is 0.460. The van der Waals surface area contributed by atoms with E-state index in [-0.39, 0.29) is 0 Å². The van der Waals surface area contributed by atoms with E-state index in [2.05, 4.69) is 20.7 Å². The molecule has 0 saturated heterocycles. The van der Waals surface area contributed by atoms with Crippen molar-refractivity contribution in [1.29, 1.82) is 0 Å². The van der Waals surface area contributed by atoms with E-state index in [9.17, 15) is 0 Å². The lowest BCUT2D eigenvalue weighted by Crippen LogP contribution is -2.08. The highest BCUT2D eigenvalue weighted by Gasteiger charge is 2.13. The quantitative estimate of drug-likeness (QED) is 0.588. The summed E-state index contributed by atoms with van der Waals surface area (Å²) in [6.07, 6.45) is 0. The standard InChI is InChI=1S/C16H14N4O/c1-12-17-16(20-21-12)15(13-8-4-2-5-9-13)19-18-14-10-6-3-7-11-14/h2-11,18H,1H3/b19-15+. The summed E-state index contributed by atoms with van der Waals surface area (Å²) in [6.45, 7) is 1.75. The molecule has 0 aliphatic heterocycles. The van der Waals surface area contributed by atoms with Gasteiger partial charge in [-0.15, -0.1) is 0 Å². The van der Waals surface area contributed by atoms with Crippen LogP contribution in [-0.2, 0) is 0 Å². The molecule has 0 aliphatic rings. The molecule has 0 amide bonds. The second kappa shape index (κ2) is 6.00. The lowest BCUT2D eigenvalue weighted by Gasteiger charge is -2.04. The van der Waals surface area contributed by atoms with Gasteiger partial charge < -0.3 is 4.52 Å². The van der Waals surface area contributed by atoms with Gasteiger partial charge in [-0.1, -0.05) is 53.7 Å². The Kier molecular flexibility index (Phi) is 3.73. The van der Waals surface area contributed by atoms with Gasteiger partial charge in [-0.25, -0.2) is 0 Å². The van der Waals surface area contributed by atoms with Crippen LogP contribution >= 0.6 is 0 Å². The molecule has 1 N–H and O–H groups in total. The van der Waals surface area contributed by atoms with Gasteiger partial charge in [-0.2, -0.15) is 10.1 Å². The molecule has 3 aromatic rings. The van der Waals surface area contributed by atoms with Crippen LogP contribution in [0.5, 0.6) is 0 Å². The van der Waals surface area contributed by atoms with Crippen molar-refractivity contribution in [3.05, 3.63) is 77.9 Å². The van der Waals surface area contributed by atoms with Crippen molar-refractivity contribution in [3.63, 3.8) is 0 Å². The number of hydrogen-bond acceptors (Lipinski definition) is 5. The van der Waals surface area contributed by atoms with Gasteiger partial charge in [0, 0.05) is 12.5 Å². The number of rotatable bonds is 4. The number of aromatic nitrogens is 2. The molecule has 0 spiro atoms. The molecule has 0 radical (unpaired) electrons. The first-order valence-electron chi connectivity index (χ1n) is 6.58. The molecule has 0 saturated carbocycles. The fourth-order valence-corrected chi connectivity index (χ4v) is 1.87. The average Bonchev–Trinajstić information content (AvgIpc) is 2.96. The molecule has 0 bridgehead atoms. The molecule has 5 heteroatoms.